The fraction of sp³-hybridized carbons (Fsp3) is 0.647. The monoisotopic (exact) mass is 280 g/mol. The number of hydrogen-bond acceptors (Lipinski definition) is 3. The van der Waals surface area contributed by atoms with E-state index < -0.39 is 6.10 Å². The third-order valence-corrected chi connectivity index (χ3v) is 3.63. The molecule has 0 amide bonds. The third-order valence-electron chi connectivity index (χ3n) is 3.63. The molecule has 0 spiro atoms. The number of rotatable bonds is 10. The molecule has 3 nitrogen and oxygen atoms in total. The largest absolute Gasteiger partial charge is 0.497 e. The van der Waals surface area contributed by atoms with Crippen LogP contribution in [0.15, 0.2) is 18.2 Å². The molecule has 0 saturated carbocycles. The molecule has 0 aliphatic rings. The first kappa shape index (κ1) is 16.8. The number of aliphatic hydroxyl groups excluding tert-OH is 1. The molecule has 0 aliphatic heterocycles. The maximum Gasteiger partial charge on any atom is 0.124 e. The Morgan fingerprint density at radius 3 is 2.35 bits per heavy atom. The summed E-state index contributed by atoms with van der Waals surface area (Å²) in [6.07, 6.45) is 7.66. The number of aliphatic hydroxyl groups is 1. The van der Waals surface area contributed by atoms with E-state index in [0.717, 1.165) is 29.9 Å². The van der Waals surface area contributed by atoms with Gasteiger partial charge in [0, 0.05) is 5.56 Å². The second kappa shape index (κ2) is 9.65. The minimum Gasteiger partial charge on any atom is -0.497 e. The van der Waals surface area contributed by atoms with E-state index in [2.05, 4.69) is 6.92 Å². The molecule has 0 heterocycles. The van der Waals surface area contributed by atoms with Gasteiger partial charge in [0.25, 0.3) is 0 Å². The summed E-state index contributed by atoms with van der Waals surface area (Å²) in [6.45, 7) is 2.22. The minimum atomic E-state index is -0.480. The summed E-state index contributed by atoms with van der Waals surface area (Å²) in [6, 6.07) is 5.55. The van der Waals surface area contributed by atoms with Crippen LogP contribution in [0.2, 0.25) is 0 Å². The average Bonchev–Trinajstić information content (AvgIpc) is 2.49. The fourth-order valence-electron chi connectivity index (χ4n) is 2.37. The Bertz CT molecular complexity index is 376. The zero-order valence-corrected chi connectivity index (χ0v) is 13.0. The van der Waals surface area contributed by atoms with Gasteiger partial charge in [-0.25, -0.2) is 0 Å². The van der Waals surface area contributed by atoms with Crippen molar-refractivity contribution in [2.45, 2.75) is 58.0 Å². The van der Waals surface area contributed by atoms with Gasteiger partial charge in [-0.15, -0.1) is 0 Å². The van der Waals surface area contributed by atoms with Gasteiger partial charge < -0.3 is 14.6 Å². The van der Waals surface area contributed by atoms with E-state index in [-0.39, 0.29) is 0 Å². The van der Waals surface area contributed by atoms with Crippen LogP contribution in [-0.4, -0.2) is 19.3 Å². The lowest BCUT2D eigenvalue weighted by atomic mass is 10.0. The highest BCUT2D eigenvalue weighted by molar-refractivity contribution is 5.41. The number of benzene rings is 1. The Morgan fingerprint density at radius 1 is 1.00 bits per heavy atom. The maximum atomic E-state index is 10.3. The van der Waals surface area contributed by atoms with Crippen molar-refractivity contribution >= 4 is 0 Å². The van der Waals surface area contributed by atoms with E-state index in [0.29, 0.717) is 0 Å². The summed E-state index contributed by atoms with van der Waals surface area (Å²) in [5.41, 5.74) is 0.820. The summed E-state index contributed by atoms with van der Waals surface area (Å²) in [5, 5.41) is 10.3. The number of ether oxygens (including phenoxy) is 2. The summed E-state index contributed by atoms with van der Waals surface area (Å²) in [4.78, 5) is 0. The fourth-order valence-corrected chi connectivity index (χ4v) is 2.37. The Balaban J connectivity index is 2.47. The van der Waals surface area contributed by atoms with Gasteiger partial charge in [-0.05, 0) is 24.6 Å². The molecule has 0 aromatic heterocycles. The van der Waals surface area contributed by atoms with Crippen molar-refractivity contribution in [3.05, 3.63) is 23.8 Å². The summed E-state index contributed by atoms with van der Waals surface area (Å²) >= 11 is 0. The van der Waals surface area contributed by atoms with Gasteiger partial charge in [0.1, 0.15) is 11.5 Å². The molecular weight excluding hydrogens is 252 g/mol. The second-order valence-corrected chi connectivity index (χ2v) is 5.18. The summed E-state index contributed by atoms with van der Waals surface area (Å²) in [7, 11) is 3.26. The van der Waals surface area contributed by atoms with Crippen molar-refractivity contribution in [2.75, 3.05) is 14.2 Å². The molecule has 1 unspecified atom stereocenters. The van der Waals surface area contributed by atoms with Crippen molar-refractivity contribution in [1.29, 1.82) is 0 Å². The Kier molecular flexibility index (Phi) is 8.12. The van der Waals surface area contributed by atoms with Crippen LogP contribution in [0.25, 0.3) is 0 Å². The van der Waals surface area contributed by atoms with Gasteiger partial charge in [0.2, 0.25) is 0 Å². The first-order valence-electron chi connectivity index (χ1n) is 7.63. The van der Waals surface area contributed by atoms with E-state index in [1.54, 1.807) is 14.2 Å². The standard InChI is InChI=1S/C17H28O3/c1-4-5-6-7-8-9-10-16(18)15-13-14(19-2)11-12-17(15)20-3/h11-13,16,18H,4-10H2,1-3H3. The minimum absolute atomic E-state index is 0.480. The van der Waals surface area contributed by atoms with Crippen molar-refractivity contribution in [3.8, 4) is 11.5 Å². The summed E-state index contributed by atoms with van der Waals surface area (Å²) < 4.78 is 10.5. The number of unbranched alkanes of at least 4 members (excludes halogenated alkanes) is 5. The van der Waals surface area contributed by atoms with Crippen LogP contribution in [0, 0.1) is 0 Å². The van der Waals surface area contributed by atoms with E-state index in [1.807, 2.05) is 18.2 Å². The van der Waals surface area contributed by atoms with Gasteiger partial charge in [0.15, 0.2) is 0 Å². The van der Waals surface area contributed by atoms with Crippen LogP contribution >= 0.6 is 0 Å². The van der Waals surface area contributed by atoms with E-state index in [9.17, 15) is 5.11 Å². The second-order valence-electron chi connectivity index (χ2n) is 5.18. The van der Waals surface area contributed by atoms with Crippen LogP contribution in [0.3, 0.4) is 0 Å². The maximum absolute atomic E-state index is 10.3. The molecule has 0 bridgehead atoms. The van der Waals surface area contributed by atoms with Gasteiger partial charge in [-0.2, -0.15) is 0 Å². The summed E-state index contributed by atoms with van der Waals surface area (Å²) in [5.74, 6) is 1.48. The Hall–Kier alpha value is -1.22. The highest BCUT2D eigenvalue weighted by atomic mass is 16.5. The lowest BCUT2D eigenvalue weighted by molar-refractivity contribution is 0.159. The van der Waals surface area contributed by atoms with Crippen LogP contribution in [0.5, 0.6) is 11.5 Å². The number of methoxy groups -OCH3 is 2. The quantitative estimate of drug-likeness (QED) is 0.642. The van der Waals surface area contributed by atoms with Crippen LogP contribution < -0.4 is 9.47 Å². The molecular formula is C17H28O3. The molecule has 1 N–H and O–H groups in total. The molecule has 1 aromatic carbocycles. The van der Waals surface area contributed by atoms with E-state index in [1.165, 1.54) is 32.1 Å². The smallest absolute Gasteiger partial charge is 0.124 e. The SMILES string of the molecule is CCCCCCCCC(O)c1cc(OC)ccc1OC. The average molecular weight is 280 g/mol. The number of hydrogen-bond donors (Lipinski definition) is 1. The highest BCUT2D eigenvalue weighted by Crippen LogP contribution is 2.32. The molecule has 1 aromatic rings. The van der Waals surface area contributed by atoms with Gasteiger partial charge in [0.05, 0.1) is 20.3 Å². The first-order valence-corrected chi connectivity index (χ1v) is 7.63. The van der Waals surface area contributed by atoms with Crippen molar-refractivity contribution in [1.82, 2.24) is 0 Å². The molecule has 1 rings (SSSR count). The van der Waals surface area contributed by atoms with Crippen LogP contribution in [0.4, 0.5) is 0 Å². The van der Waals surface area contributed by atoms with E-state index >= 15 is 0 Å². The predicted octanol–water partition coefficient (Wildman–Crippen LogP) is 4.49. The molecule has 3 heteroatoms. The lowest BCUT2D eigenvalue weighted by Crippen LogP contribution is -2.01. The molecule has 1 atom stereocenters. The molecule has 114 valence electrons. The van der Waals surface area contributed by atoms with Gasteiger partial charge >= 0.3 is 0 Å². The lowest BCUT2D eigenvalue weighted by Gasteiger charge is -2.16. The molecule has 20 heavy (non-hydrogen) atoms. The topological polar surface area (TPSA) is 38.7 Å². The van der Waals surface area contributed by atoms with Gasteiger partial charge in [-0.1, -0.05) is 45.4 Å². The van der Waals surface area contributed by atoms with Crippen molar-refractivity contribution in [3.63, 3.8) is 0 Å². The Labute approximate surface area is 122 Å². The van der Waals surface area contributed by atoms with Gasteiger partial charge in [-0.3, -0.25) is 0 Å². The highest BCUT2D eigenvalue weighted by Gasteiger charge is 2.14. The van der Waals surface area contributed by atoms with E-state index in [4.69, 9.17) is 9.47 Å². The molecule has 0 saturated heterocycles. The molecule has 0 fully saturated rings. The third kappa shape index (κ3) is 5.41. The molecule has 0 radical (unpaired) electrons. The first-order chi connectivity index (χ1) is 9.72. The molecule has 0 aliphatic carbocycles. The van der Waals surface area contributed by atoms with Crippen molar-refractivity contribution < 1.29 is 14.6 Å². The Morgan fingerprint density at radius 2 is 1.70 bits per heavy atom. The zero-order valence-electron chi connectivity index (χ0n) is 13.0. The van der Waals surface area contributed by atoms with Crippen molar-refractivity contribution in [2.24, 2.45) is 0 Å². The zero-order chi connectivity index (χ0) is 14.8. The van der Waals surface area contributed by atoms with Crippen LogP contribution in [0.1, 0.15) is 63.5 Å². The van der Waals surface area contributed by atoms with Crippen LogP contribution in [-0.2, 0) is 0 Å². The normalized spacial score (nSPS) is 12.2. The predicted molar refractivity (Wildman–Crippen MR) is 82.5 cm³/mol.